The summed E-state index contributed by atoms with van der Waals surface area (Å²) >= 11 is 0. The second-order valence-corrected chi connectivity index (χ2v) is 5.18. The molecule has 19 heavy (non-hydrogen) atoms. The van der Waals surface area contributed by atoms with E-state index < -0.39 is 0 Å². The van der Waals surface area contributed by atoms with Gasteiger partial charge < -0.3 is 5.32 Å². The molecule has 102 valence electrons. The SMILES string of the molecule is CNCCC1CCCCN1CC#Cc1ccccc1. The van der Waals surface area contributed by atoms with Crippen molar-refractivity contribution >= 4 is 0 Å². The minimum Gasteiger partial charge on any atom is -0.320 e. The van der Waals surface area contributed by atoms with Crippen LogP contribution in [0.25, 0.3) is 0 Å². The molecule has 0 radical (unpaired) electrons. The third kappa shape index (κ3) is 4.70. The van der Waals surface area contributed by atoms with Crippen LogP contribution in [0.2, 0.25) is 0 Å². The van der Waals surface area contributed by atoms with E-state index in [-0.39, 0.29) is 0 Å². The van der Waals surface area contributed by atoms with Gasteiger partial charge in [0.05, 0.1) is 6.54 Å². The molecule has 1 saturated heterocycles. The van der Waals surface area contributed by atoms with E-state index in [4.69, 9.17) is 0 Å². The standard InChI is InChI=1S/C17H24N2/c1-18-13-12-17-11-5-6-14-19(17)15-7-10-16-8-3-2-4-9-16/h2-4,8-9,17-18H,5-6,11-15H2,1H3. The van der Waals surface area contributed by atoms with Crippen molar-refractivity contribution in [3.05, 3.63) is 35.9 Å². The van der Waals surface area contributed by atoms with Crippen molar-refractivity contribution in [1.29, 1.82) is 0 Å². The number of nitrogens with zero attached hydrogens (tertiary/aromatic N) is 1. The number of hydrogen-bond acceptors (Lipinski definition) is 2. The molecule has 1 aromatic rings. The Hall–Kier alpha value is -1.30. The van der Waals surface area contributed by atoms with Crippen molar-refractivity contribution in [1.82, 2.24) is 10.2 Å². The predicted octanol–water partition coefficient (Wildman–Crippen LogP) is 2.50. The second kappa shape index (κ2) is 7.99. The fraction of sp³-hybridized carbons (Fsp3) is 0.529. The number of rotatable bonds is 4. The Labute approximate surface area is 117 Å². The van der Waals surface area contributed by atoms with Crippen molar-refractivity contribution in [2.75, 3.05) is 26.7 Å². The maximum Gasteiger partial charge on any atom is 0.0607 e. The topological polar surface area (TPSA) is 15.3 Å². The van der Waals surface area contributed by atoms with E-state index in [1.54, 1.807) is 0 Å². The first-order valence-corrected chi connectivity index (χ1v) is 7.32. The molecule has 0 aliphatic carbocycles. The highest BCUT2D eigenvalue weighted by molar-refractivity contribution is 5.33. The average molecular weight is 256 g/mol. The molecule has 1 aromatic carbocycles. The van der Waals surface area contributed by atoms with Gasteiger partial charge in [-0.05, 0) is 51.5 Å². The van der Waals surface area contributed by atoms with Gasteiger partial charge >= 0.3 is 0 Å². The Balaban J connectivity index is 1.87. The summed E-state index contributed by atoms with van der Waals surface area (Å²) in [7, 11) is 2.03. The first-order valence-electron chi connectivity index (χ1n) is 7.32. The maximum absolute atomic E-state index is 3.33. The van der Waals surface area contributed by atoms with E-state index in [1.165, 1.54) is 32.2 Å². The van der Waals surface area contributed by atoms with E-state index in [1.807, 2.05) is 25.2 Å². The lowest BCUT2D eigenvalue weighted by Gasteiger charge is -2.34. The normalized spacial score (nSPS) is 19.7. The average Bonchev–Trinajstić information content (AvgIpc) is 2.47. The molecular formula is C17H24N2. The maximum atomic E-state index is 3.33. The zero-order chi connectivity index (χ0) is 13.3. The first kappa shape index (κ1) is 14.1. The van der Waals surface area contributed by atoms with Gasteiger partial charge in [0.25, 0.3) is 0 Å². The monoisotopic (exact) mass is 256 g/mol. The highest BCUT2D eigenvalue weighted by atomic mass is 15.2. The third-order valence-corrected chi connectivity index (χ3v) is 3.77. The zero-order valence-corrected chi connectivity index (χ0v) is 11.9. The van der Waals surface area contributed by atoms with Crippen LogP contribution in [0.4, 0.5) is 0 Å². The van der Waals surface area contributed by atoms with Gasteiger partial charge in [0, 0.05) is 11.6 Å². The van der Waals surface area contributed by atoms with Gasteiger partial charge in [0.15, 0.2) is 0 Å². The third-order valence-electron chi connectivity index (χ3n) is 3.77. The number of hydrogen-bond donors (Lipinski definition) is 1. The molecule has 0 aromatic heterocycles. The Bertz CT molecular complexity index is 416. The van der Waals surface area contributed by atoms with Gasteiger partial charge in [-0.2, -0.15) is 0 Å². The number of likely N-dealkylation sites (tertiary alicyclic amines) is 1. The van der Waals surface area contributed by atoms with Crippen molar-refractivity contribution in [3.8, 4) is 11.8 Å². The molecule has 1 unspecified atom stereocenters. The van der Waals surface area contributed by atoms with Crippen molar-refractivity contribution in [3.63, 3.8) is 0 Å². The van der Waals surface area contributed by atoms with Crippen LogP contribution < -0.4 is 5.32 Å². The van der Waals surface area contributed by atoms with Crippen molar-refractivity contribution in [2.24, 2.45) is 0 Å². The van der Waals surface area contributed by atoms with Crippen LogP contribution in [0.15, 0.2) is 30.3 Å². The summed E-state index contributed by atoms with van der Waals surface area (Å²) in [5.41, 5.74) is 1.12. The zero-order valence-electron chi connectivity index (χ0n) is 11.9. The molecule has 1 atom stereocenters. The fourth-order valence-electron chi connectivity index (χ4n) is 2.67. The van der Waals surface area contributed by atoms with Gasteiger partial charge in [-0.3, -0.25) is 4.90 Å². The Morgan fingerprint density at radius 3 is 2.89 bits per heavy atom. The molecule has 0 bridgehead atoms. The van der Waals surface area contributed by atoms with E-state index in [9.17, 15) is 0 Å². The summed E-state index contributed by atoms with van der Waals surface area (Å²) in [5, 5.41) is 3.25. The summed E-state index contributed by atoms with van der Waals surface area (Å²) in [6.45, 7) is 3.22. The number of nitrogens with one attached hydrogen (secondary N) is 1. The van der Waals surface area contributed by atoms with Crippen LogP contribution in [0, 0.1) is 11.8 Å². The van der Waals surface area contributed by atoms with Crippen LogP contribution in [-0.2, 0) is 0 Å². The van der Waals surface area contributed by atoms with Gasteiger partial charge in [-0.15, -0.1) is 0 Å². The lowest BCUT2D eigenvalue weighted by atomic mass is 9.99. The summed E-state index contributed by atoms with van der Waals surface area (Å²) in [6.07, 6.45) is 5.26. The first-order chi connectivity index (χ1) is 9.40. The van der Waals surface area contributed by atoms with E-state index >= 15 is 0 Å². The predicted molar refractivity (Wildman–Crippen MR) is 81.1 cm³/mol. The molecule has 2 nitrogen and oxygen atoms in total. The Morgan fingerprint density at radius 1 is 1.26 bits per heavy atom. The highest BCUT2D eigenvalue weighted by Gasteiger charge is 2.20. The van der Waals surface area contributed by atoms with Crippen LogP contribution >= 0.6 is 0 Å². The van der Waals surface area contributed by atoms with Crippen LogP contribution in [-0.4, -0.2) is 37.6 Å². The second-order valence-electron chi connectivity index (χ2n) is 5.18. The lowest BCUT2D eigenvalue weighted by Crippen LogP contribution is -2.41. The number of piperidine rings is 1. The molecule has 2 heteroatoms. The molecule has 1 heterocycles. The van der Waals surface area contributed by atoms with Crippen LogP contribution in [0.1, 0.15) is 31.2 Å². The van der Waals surface area contributed by atoms with E-state index in [2.05, 4.69) is 34.2 Å². The molecule has 1 aliphatic heterocycles. The minimum atomic E-state index is 0.714. The summed E-state index contributed by atoms with van der Waals surface area (Å²) < 4.78 is 0. The van der Waals surface area contributed by atoms with Gasteiger partial charge in [0.1, 0.15) is 0 Å². The van der Waals surface area contributed by atoms with Gasteiger partial charge in [-0.25, -0.2) is 0 Å². The van der Waals surface area contributed by atoms with E-state index in [0.717, 1.165) is 18.7 Å². The summed E-state index contributed by atoms with van der Waals surface area (Å²) in [4.78, 5) is 2.55. The fourth-order valence-corrected chi connectivity index (χ4v) is 2.67. The highest BCUT2D eigenvalue weighted by Crippen LogP contribution is 2.18. The van der Waals surface area contributed by atoms with Gasteiger partial charge in [0.2, 0.25) is 0 Å². The molecule has 2 rings (SSSR count). The lowest BCUT2D eigenvalue weighted by molar-refractivity contribution is 0.159. The Kier molecular flexibility index (Phi) is 5.94. The molecule has 0 spiro atoms. The number of benzene rings is 1. The van der Waals surface area contributed by atoms with Crippen molar-refractivity contribution in [2.45, 2.75) is 31.7 Å². The largest absolute Gasteiger partial charge is 0.320 e. The quantitative estimate of drug-likeness (QED) is 0.833. The van der Waals surface area contributed by atoms with Crippen LogP contribution in [0.3, 0.4) is 0 Å². The summed E-state index contributed by atoms with van der Waals surface area (Å²) in [5.74, 6) is 6.59. The minimum absolute atomic E-state index is 0.714. The molecule has 1 aliphatic rings. The Morgan fingerprint density at radius 2 is 2.11 bits per heavy atom. The van der Waals surface area contributed by atoms with Crippen molar-refractivity contribution < 1.29 is 0 Å². The van der Waals surface area contributed by atoms with Crippen LogP contribution in [0.5, 0.6) is 0 Å². The molecule has 0 saturated carbocycles. The molecular weight excluding hydrogens is 232 g/mol. The molecule has 1 N–H and O–H groups in total. The van der Waals surface area contributed by atoms with E-state index in [0.29, 0.717) is 6.04 Å². The smallest absolute Gasteiger partial charge is 0.0607 e. The molecule has 0 amide bonds. The van der Waals surface area contributed by atoms with Gasteiger partial charge in [-0.1, -0.05) is 36.5 Å². The summed E-state index contributed by atoms with van der Waals surface area (Å²) in [6, 6.07) is 11.0. The molecule has 1 fully saturated rings.